The summed E-state index contributed by atoms with van der Waals surface area (Å²) in [6, 6.07) is 3.22. The fraction of sp³-hybridized carbons (Fsp3) is 0.650. The fourth-order valence-corrected chi connectivity index (χ4v) is 3.23. The van der Waals surface area contributed by atoms with Gasteiger partial charge >= 0.3 is 5.97 Å². The van der Waals surface area contributed by atoms with Gasteiger partial charge in [-0.05, 0) is 37.8 Å². The highest BCUT2D eigenvalue weighted by molar-refractivity contribution is 5.96. The van der Waals surface area contributed by atoms with E-state index in [1.807, 2.05) is 4.90 Å². The molecular weight excluding hydrogens is 381 g/mol. The van der Waals surface area contributed by atoms with E-state index in [2.05, 4.69) is 10.3 Å². The van der Waals surface area contributed by atoms with E-state index in [1.54, 1.807) is 27.0 Å². The molecule has 2 heterocycles. The van der Waals surface area contributed by atoms with Gasteiger partial charge in [-0.15, -0.1) is 0 Å². The van der Waals surface area contributed by atoms with Crippen LogP contribution in [0.4, 0.5) is 10.1 Å². The highest BCUT2D eigenvalue weighted by Crippen LogP contribution is 2.41. The summed E-state index contributed by atoms with van der Waals surface area (Å²) >= 11 is 0. The maximum absolute atomic E-state index is 14.1. The van der Waals surface area contributed by atoms with Crippen LogP contribution in [0.2, 0.25) is 0 Å². The molecule has 3 rings (SSSR count). The molecule has 0 bridgehead atoms. The molecular formula is C20H28FN3O5. The van der Waals surface area contributed by atoms with Crippen LogP contribution in [0.25, 0.3) is 0 Å². The maximum atomic E-state index is 14.1. The summed E-state index contributed by atoms with van der Waals surface area (Å²) < 4.78 is 25.0. The number of rotatable bonds is 10. The quantitative estimate of drug-likeness (QED) is 0.611. The minimum Gasteiger partial charge on any atom is -0.480 e. The third kappa shape index (κ3) is 4.44. The largest absolute Gasteiger partial charge is 0.480 e. The number of aliphatic carboxylic acids is 1. The van der Waals surface area contributed by atoms with Crippen molar-refractivity contribution in [3.63, 3.8) is 0 Å². The fourth-order valence-electron chi connectivity index (χ4n) is 3.23. The molecule has 1 aromatic rings. The van der Waals surface area contributed by atoms with Crippen LogP contribution < -0.4 is 15.0 Å². The second kappa shape index (κ2) is 8.14. The lowest BCUT2D eigenvalue weighted by Crippen LogP contribution is -2.54. The maximum Gasteiger partial charge on any atom is 0.329 e. The second-order valence-corrected chi connectivity index (χ2v) is 7.77. The molecule has 9 heteroatoms. The molecule has 0 spiro atoms. The van der Waals surface area contributed by atoms with E-state index in [1.165, 1.54) is 6.07 Å². The third-order valence-electron chi connectivity index (χ3n) is 5.82. The number of aromatic nitrogens is 1. The Morgan fingerprint density at radius 1 is 1.34 bits per heavy atom. The molecule has 2 N–H and O–H groups in total. The number of carboxylic acids is 1. The highest BCUT2D eigenvalue weighted by Gasteiger charge is 2.44. The number of hydrogen-bond donors (Lipinski definition) is 2. The number of alkyl halides is 1. The first-order valence-electron chi connectivity index (χ1n) is 9.92. The first-order valence-corrected chi connectivity index (χ1v) is 9.92. The predicted molar refractivity (Wildman–Crippen MR) is 104 cm³/mol. The number of carbonyl (C=O) groups is 2. The molecule has 1 saturated carbocycles. The van der Waals surface area contributed by atoms with Gasteiger partial charge in [0.15, 0.2) is 0 Å². The number of ether oxygens (including phenoxy) is 2. The Morgan fingerprint density at radius 3 is 2.52 bits per heavy atom. The average Bonchev–Trinajstić information content (AvgIpc) is 3.41. The van der Waals surface area contributed by atoms with Gasteiger partial charge in [0.25, 0.3) is 5.91 Å². The van der Waals surface area contributed by atoms with Gasteiger partial charge in [-0.3, -0.25) is 4.79 Å². The molecule has 0 unspecified atom stereocenters. The van der Waals surface area contributed by atoms with Gasteiger partial charge in [0.1, 0.15) is 29.2 Å². The van der Waals surface area contributed by atoms with Crippen molar-refractivity contribution in [2.24, 2.45) is 0 Å². The zero-order chi connectivity index (χ0) is 21.2. The van der Waals surface area contributed by atoms with Crippen LogP contribution in [-0.2, 0) is 9.53 Å². The molecule has 1 aliphatic carbocycles. The summed E-state index contributed by atoms with van der Waals surface area (Å²) in [6.07, 6.45) is 1.48. The predicted octanol–water partition coefficient (Wildman–Crippen LogP) is 2.17. The molecule has 0 aromatic carbocycles. The Morgan fingerprint density at radius 2 is 2.00 bits per heavy atom. The summed E-state index contributed by atoms with van der Waals surface area (Å²) in [5, 5.41) is 12.1. The van der Waals surface area contributed by atoms with Crippen molar-refractivity contribution in [3.8, 4) is 5.88 Å². The van der Waals surface area contributed by atoms with Crippen LogP contribution in [0.15, 0.2) is 12.1 Å². The van der Waals surface area contributed by atoms with Gasteiger partial charge in [0.05, 0.1) is 6.10 Å². The summed E-state index contributed by atoms with van der Waals surface area (Å²) in [4.78, 5) is 30.7. The molecule has 1 aliphatic heterocycles. The van der Waals surface area contributed by atoms with E-state index in [4.69, 9.17) is 9.47 Å². The number of anilines is 1. The molecule has 8 nitrogen and oxygen atoms in total. The average molecular weight is 409 g/mol. The standard InChI is InChI=1S/C20H28FN3O5/c1-4-20(5-2,18(26)27)23-16(25)14-6-7-15(24-10-13(11-24)28-3)17(22-14)29-12-19(21)8-9-19/h6-7,13H,4-5,8-12H2,1-3H3,(H,23,25)(H,26,27). The number of halogens is 1. The minimum atomic E-state index is -1.36. The van der Waals surface area contributed by atoms with E-state index in [0.717, 1.165) is 0 Å². The van der Waals surface area contributed by atoms with Crippen molar-refractivity contribution in [1.82, 2.24) is 10.3 Å². The Kier molecular flexibility index (Phi) is 5.97. The molecule has 1 amide bonds. The molecule has 2 aliphatic rings. The van der Waals surface area contributed by atoms with Crippen molar-refractivity contribution in [1.29, 1.82) is 0 Å². The number of hydrogen-bond acceptors (Lipinski definition) is 6. The SMILES string of the molecule is CCC(CC)(NC(=O)c1ccc(N2CC(OC)C2)c(OCC2(F)CC2)n1)C(=O)O. The van der Waals surface area contributed by atoms with Crippen molar-refractivity contribution >= 4 is 17.6 Å². The van der Waals surface area contributed by atoms with Gasteiger partial charge < -0.3 is 24.8 Å². The van der Waals surface area contributed by atoms with E-state index in [0.29, 0.717) is 31.6 Å². The van der Waals surface area contributed by atoms with Crippen molar-refractivity contribution in [3.05, 3.63) is 17.8 Å². The van der Waals surface area contributed by atoms with Crippen LogP contribution in [0.3, 0.4) is 0 Å². The lowest BCUT2D eigenvalue weighted by molar-refractivity contribution is -0.144. The Balaban J connectivity index is 1.81. The first-order chi connectivity index (χ1) is 13.8. The number of nitrogens with zero attached hydrogens (tertiary/aromatic N) is 2. The van der Waals surface area contributed by atoms with Gasteiger partial charge in [0, 0.05) is 20.2 Å². The van der Waals surface area contributed by atoms with Crippen LogP contribution >= 0.6 is 0 Å². The zero-order valence-electron chi connectivity index (χ0n) is 17.0. The topological polar surface area (TPSA) is 101 Å². The van der Waals surface area contributed by atoms with Crippen LogP contribution in [-0.4, -0.2) is 66.1 Å². The number of pyridine rings is 1. The van der Waals surface area contributed by atoms with Crippen molar-refractivity contribution in [2.75, 3.05) is 31.7 Å². The summed E-state index contributed by atoms with van der Waals surface area (Å²) in [5.74, 6) is -1.53. The molecule has 1 aromatic heterocycles. The van der Waals surface area contributed by atoms with E-state index in [-0.39, 0.29) is 37.1 Å². The lowest BCUT2D eigenvalue weighted by atomic mass is 9.92. The van der Waals surface area contributed by atoms with Crippen LogP contribution in [0.1, 0.15) is 50.0 Å². The molecule has 0 atom stereocenters. The zero-order valence-corrected chi connectivity index (χ0v) is 17.0. The second-order valence-electron chi connectivity index (χ2n) is 7.77. The van der Waals surface area contributed by atoms with Crippen molar-refractivity contribution in [2.45, 2.75) is 56.8 Å². The van der Waals surface area contributed by atoms with Gasteiger partial charge in [-0.1, -0.05) is 13.8 Å². The number of amides is 1. The Bertz CT molecular complexity index is 773. The van der Waals surface area contributed by atoms with Crippen LogP contribution in [0.5, 0.6) is 5.88 Å². The molecule has 160 valence electrons. The minimum absolute atomic E-state index is 0.0313. The van der Waals surface area contributed by atoms with Gasteiger partial charge in [0.2, 0.25) is 5.88 Å². The van der Waals surface area contributed by atoms with Crippen LogP contribution in [0, 0.1) is 0 Å². The van der Waals surface area contributed by atoms with Crippen molar-refractivity contribution < 1.29 is 28.6 Å². The molecule has 2 fully saturated rings. The summed E-state index contributed by atoms with van der Waals surface area (Å²) in [7, 11) is 1.64. The van der Waals surface area contributed by atoms with E-state index >= 15 is 0 Å². The molecule has 0 radical (unpaired) electrons. The Hall–Kier alpha value is -2.42. The van der Waals surface area contributed by atoms with Gasteiger partial charge in [-0.2, -0.15) is 0 Å². The number of carboxylic acid groups (broad SMARTS) is 1. The third-order valence-corrected chi connectivity index (χ3v) is 5.82. The monoisotopic (exact) mass is 409 g/mol. The summed E-state index contributed by atoms with van der Waals surface area (Å²) in [6.45, 7) is 4.58. The highest BCUT2D eigenvalue weighted by atomic mass is 19.1. The smallest absolute Gasteiger partial charge is 0.329 e. The summed E-state index contributed by atoms with van der Waals surface area (Å²) in [5.41, 5.74) is -2.00. The number of nitrogens with one attached hydrogen (secondary N) is 1. The number of methoxy groups -OCH3 is 1. The van der Waals surface area contributed by atoms with E-state index < -0.39 is 23.1 Å². The Labute approximate surface area is 169 Å². The normalized spacial score (nSPS) is 18.1. The van der Waals surface area contributed by atoms with E-state index in [9.17, 15) is 19.1 Å². The van der Waals surface area contributed by atoms with Gasteiger partial charge in [-0.25, -0.2) is 14.2 Å². The lowest BCUT2D eigenvalue weighted by Gasteiger charge is -2.40. The molecule has 1 saturated heterocycles. The molecule has 29 heavy (non-hydrogen) atoms. The number of carbonyl (C=O) groups excluding carboxylic acids is 1. The first kappa shape index (κ1) is 21.3.